The minimum atomic E-state index is -3.60. The topological polar surface area (TPSA) is 76.0 Å². The first kappa shape index (κ1) is 15.5. The minimum Gasteiger partial charge on any atom is -0.352 e. The first-order valence-corrected chi connectivity index (χ1v) is 8.22. The molecule has 7 heteroatoms. The Hall–Kier alpha value is -1.86. The Morgan fingerprint density at radius 2 is 2.14 bits per heavy atom. The third-order valence-electron chi connectivity index (χ3n) is 3.20. The lowest BCUT2D eigenvalue weighted by Crippen LogP contribution is -2.14. The van der Waals surface area contributed by atoms with Gasteiger partial charge in [-0.2, -0.15) is 0 Å². The van der Waals surface area contributed by atoms with E-state index in [1.54, 1.807) is 37.5 Å². The Morgan fingerprint density at radius 1 is 1.38 bits per heavy atom. The summed E-state index contributed by atoms with van der Waals surface area (Å²) in [5.74, 6) is 0. The first-order chi connectivity index (χ1) is 9.94. The van der Waals surface area contributed by atoms with Crippen LogP contribution in [0.2, 0.25) is 0 Å². The second-order valence-electron chi connectivity index (χ2n) is 4.80. The van der Waals surface area contributed by atoms with Crippen LogP contribution in [0, 0.1) is 6.92 Å². The lowest BCUT2D eigenvalue weighted by atomic mass is 10.3. The van der Waals surface area contributed by atoms with Gasteiger partial charge >= 0.3 is 0 Å². The highest BCUT2D eigenvalue weighted by Crippen LogP contribution is 2.19. The van der Waals surface area contributed by atoms with Crippen molar-refractivity contribution in [3.05, 3.63) is 42.0 Å². The molecule has 0 aliphatic heterocycles. The van der Waals surface area contributed by atoms with Gasteiger partial charge in [-0.25, -0.2) is 8.42 Å². The van der Waals surface area contributed by atoms with Crippen LogP contribution in [-0.2, 0) is 23.6 Å². The number of sulfonamides is 1. The zero-order valence-corrected chi connectivity index (χ0v) is 13.2. The van der Waals surface area contributed by atoms with Gasteiger partial charge in [0.25, 0.3) is 10.0 Å². The smallest absolute Gasteiger partial charge is 0.263 e. The van der Waals surface area contributed by atoms with Crippen molar-refractivity contribution in [2.45, 2.75) is 25.3 Å². The van der Waals surface area contributed by atoms with Gasteiger partial charge in [-0.05, 0) is 31.7 Å². The van der Waals surface area contributed by atoms with E-state index in [2.05, 4.69) is 15.0 Å². The van der Waals surface area contributed by atoms with E-state index in [-0.39, 0.29) is 4.90 Å². The summed E-state index contributed by atoms with van der Waals surface area (Å²) in [6.07, 6.45) is 3.24. The van der Waals surface area contributed by atoms with Crippen LogP contribution in [0.3, 0.4) is 0 Å². The highest BCUT2D eigenvalue weighted by atomic mass is 32.2. The van der Waals surface area contributed by atoms with E-state index in [0.717, 1.165) is 12.2 Å². The number of anilines is 1. The second-order valence-corrected chi connectivity index (χ2v) is 6.48. The molecule has 0 atom stereocenters. The van der Waals surface area contributed by atoms with E-state index in [9.17, 15) is 8.42 Å². The van der Waals surface area contributed by atoms with Gasteiger partial charge in [0.15, 0.2) is 0 Å². The normalized spacial score (nSPS) is 11.6. The van der Waals surface area contributed by atoms with Crippen molar-refractivity contribution in [2.24, 2.45) is 7.05 Å². The lowest BCUT2D eigenvalue weighted by Gasteiger charge is -2.08. The summed E-state index contributed by atoms with van der Waals surface area (Å²) < 4.78 is 29.2. The molecular weight excluding hydrogens is 288 g/mol. The third-order valence-corrected chi connectivity index (χ3v) is 4.53. The molecule has 0 aromatic carbocycles. The van der Waals surface area contributed by atoms with Crippen LogP contribution >= 0.6 is 0 Å². The number of nitrogens with one attached hydrogen (secondary N) is 2. The molecule has 2 aromatic rings. The maximum absolute atomic E-state index is 12.4. The number of hydrogen-bond donors (Lipinski definition) is 2. The first-order valence-electron chi connectivity index (χ1n) is 6.74. The summed E-state index contributed by atoms with van der Waals surface area (Å²) >= 11 is 0. The number of rotatable bonds is 6. The van der Waals surface area contributed by atoms with E-state index < -0.39 is 10.0 Å². The van der Waals surface area contributed by atoms with Crippen LogP contribution in [0.5, 0.6) is 0 Å². The van der Waals surface area contributed by atoms with Crippen LogP contribution in [0.4, 0.5) is 5.69 Å². The zero-order valence-electron chi connectivity index (χ0n) is 12.4. The molecule has 0 fully saturated rings. The molecule has 0 aliphatic rings. The highest BCUT2D eigenvalue weighted by molar-refractivity contribution is 7.92. The fourth-order valence-corrected chi connectivity index (χ4v) is 3.16. The van der Waals surface area contributed by atoms with E-state index in [0.29, 0.717) is 17.9 Å². The van der Waals surface area contributed by atoms with E-state index in [1.165, 1.54) is 0 Å². The van der Waals surface area contributed by atoms with Crippen molar-refractivity contribution in [1.82, 2.24) is 14.9 Å². The standard InChI is InChI=1S/C14H20N4O2S/c1-4-15-9-12-8-13(10-18(12)3)21(19,20)17-14-6-5-7-16-11(14)2/h5-8,10,15,17H,4,9H2,1-3H3. The SMILES string of the molecule is CCNCc1cc(S(=O)(=O)Nc2cccnc2C)cn1C. The fourth-order valence-electron chi connectivity index (χ4n) is 1.95. The molecule has 0 aliphatic carbocycles. The Bertz CT molecular complexity index is 722. The van der Waals surface area contributed by atoms with Gasteiger partial charge in [-0.3, -0.25) is 9.71 Å². The quantitative estimate of drug-likeness (QED) is 0.850. The average molecular weight is 308 g/mol. The molecule has 2 N–H and O–H groups in total. The highest BCUT2D eigenvalue weighted by Gasteiger charge is 2.18. The summed E-state index contributed by atoms with van der Waals surface area (Å²) in [7, 11) is -1.77. The Morgan fingerprint density at radius 3 is 2.81 bits per heavy atom. The van der Waals surface area contributed by atoms with Crippen LogP contribution in [-0.4, -0.2) is 24.5 Å². The molecule has 0 saturated carbocycles. The molecule has 0 saturated heterocycles. The Labute approximate surface area is 125 Å². The lowest BCUT2D eigenvalue weighted by molar-refractivity contribution is 0.601. The van der Waals surface area contributed by atoms with Gasteiger partial charge in [0.1, 0.15) is 4.90 Å². The summed E-state index contributed by atoms with van der Waals surface area (Å²) in [6.45, 7) is 5.24. The van der Waals surface area contributed by atoms with Crippen molar-refractivity contribution in [3.63, 3.8) is 0 Å². The van der Waals surface area contributed by atoms with Crippen LogP contribution in [0.15, 0.2) is 35.5 Å². The predicted molar refractivity (Wildman–Crippen MR) is 82.6 cm³/mol. The van der Waals surface area contributed by atoms with Gasteiger partial charge in [0.05, 0.1) is 11.4 Å². The van der Waals surface area contributed by atoms with Gasteiger partial charge in [-0.1, -0.05) is 6.92 Å². The number of pyridine rings is 1. The van der Waals surface area contributed by atoms with Crippen molar-refractivity contribution in [3.8, 4) is 0 Å². The van der Waals surface area contributed by atoms with Crippen molar-refractivity contribution < 1.29 is 8.42 Å². The number of aromatic nitrogens is 2. The third kappa shape index (κ3) is 3.62. The maximum Gasteiger partial charge on any atom is 0.263 e. The average Bonchev–Trinajstić information content (AvgIpc) is 2.81. The molecule has 21 heavy (non-hydrogen) atoms. The van der Waals surface area contributed by atoms with Crippen molar-refractivity contribution in [1.29, 1.82) is 0 Å². The summed E-state index contributed by atoms with van der Waals surface area (Å²) in [5, 5.41) is 3.18. The van der Waals surface area contributed by atoms with Crippen LogP contribution in [0.25, 0.3) is 0 Å². The van der Waals surface area contributed by atoms with E-state index >= 15 is 0 Å². The van der Waals surface area contributed by atoms with Crippen LogP contribution < -0.4 is 10.0 Å². The Balaban J connectivity index is 2.26. The van der Waals surface area contributed by atoms with Gasteiger partial charge < -0.3 is 9.88 Å². The van der Waals surface area contributed by atoms with Gasteiger partial charge in [-0.15, -0.1) is 0 Å². The molecule has 114 valence electrons. The number of aryl methyl sites for hydroxylation is 2. The van der Waals surface area contributed by atoms with Gasteiger partial charge in [0, 0.05) is 31.7 Å². The molecule has 6 nitrogen and oxygen atoms in total. The summed E-state index contributed by atoms with van der Waals surface area (Å²) in [5.41, 5.74) is 2.06. The largest absolute Gasteiger partial charge is 0.352 e. The molecule has 2 rings (SSSR count). The fraction of sp³-hybridized carbons (Fsp3) is 0.357. The summed E-state index contributed by atoms with van der Waals surface area (Å²) in [4.78, 5) is 4.33. The maximum atomic E-state index is 12.4. The summed E-state index contributed by atoms with van der Waals surface area (Å²) in [6, 6.07) is 5.07. The molecule has 0 radical (unpaired) electrons. The molecule has 0 unspecified atom stereocenters. The monoisotopic (exact) mass is 308 g/mol. The minimum absolute atomic E-state index is 0.251. The van der Waals surface area contributed by atoms with Gasteiger partial charge in [0.2, 0.25) is 0 Å². The van der Waals surface area contributed by atoms with E-state index in [4.69, 9.17) is 0 Å². The van der Waals surface area contributed by atoms with E-state index in [1.807, 2.05) is 18.5 Å². The number of nitrogens with zero attached hydrogens (tertiary/aromatic N) is 2. The Kier molecular flexibility index (Phi) is 4.64. The molecule has 0 amide bonds. The predicted octanol–water partition coefficient (Wildman–Crippen LogP) is 1.64. The molecule has 2 heterocycles. The molecular formula is C14H20N4O2S. The molecule has 0 bridgehead atoms. The van der Waals surface area contributed by atoms with Crippen molar-refractivity contribution in [2.75, 3.05) is 11.3 Å². The molecule has 2 aromatic heterocycles. The van der Waals surface area contributed by atoms with Crippen molar-refractivity contribution >= 4 is 15.7 Å². The zero-order chi connectivity index (χ0) is 15.5. The molecule has 0 spiro atoms. The second kappa shape index (κ2) is 6.28. The van der Waals surface area contributed by atoms with Crippen LogP contribution in [0.1, 0.15) is 18.3 Å². The number of hydrogen-bond acceptors (Lipinski definition) is 4.